The first-order valence-electron chi connectivity index (χ1n) is 8.19. The summed E-state index contributed by atoms with van der Waals surface area (Å²) in [5, 5.41) is 3.85. The molecule has 2 atom stereocenters. The van der Waals surface area contributed by atoms with Gasteiger partial charge in [0.25, 0.3) is 0 Å². The zero-order valence-corrected chi connectivity index (χ0v) is 13.4. The van der Waals surface area contributed by atoms with Crippen LogP contribution in [-0.2, 0) is 0 Å². The van der Waals surface area contributed by atoms with E-state index in [1.54, 1.807) is 0 Å². The molecule has 112 valence electrons. The van der Waals surface area contributed by atoms with Crippen molar-refractivity contribution in [1.82, 2.24) is 15.1 Å². The second-order valence-electron chi connectivity index (χ2n) is 7.12. The van der Waals surface area contributed by atoms with Crippen molar-refractivity contribution < 1.29 is 0 Å². The lowest BCUT2D eigenvalue weighted by Gasteiger charge is -2.46. The predicted molar refractivity (Wildman–Crippen MR) is 82.6 cm³/mol. The molecule has 1 heterocycles. The van der Waals surface area contributed by atoms with Crippen molar-refractivity contribution >= 4 is 0 Å². The first-order valence-corrected chi connectivity index (χ1v) is 8.19. The maximum absolute atomic E-state index is 3.85. The molecular formula is C16H33N3. The zero-order chi connectivity index (χ0) is 13.9. The third-order valence-corrected chi connectivity index (χ3v) is 5.04. The van der Waals surface area contributed by atoms with E-state index in [4.69, 9.17) is 0 Å². The molecule has 0 spiro atoms. The second kappa shape index (κ2) is 6.55. The van der Waals surface area contributed by atoms with E-state index in [2.05, 4.69) is 43.1 Å². The molecule has 1 aliphatic heterocycles. The fourth-order valence-electron chi connectivity index (χ4n) is 3.49. The maximum Gasteiger partial charge on any atom is 0.0309 e. The lowest BCUT2D eigenvalue weighted by Crippen LogP contribution is -2.63. The van der Waals surface area contributed by atoms with E-state index in [0.29, 0.717) is 5.54 Å². The topological polar surface area (TPSA) is 18.5 Å². The summed E-state index contributed by atoms with van der Waals surface area (Å²) in [6, 6.07) is 0.756. The summed E-state index contributed by atoms with van der Waals surface area (Å²) in [4.78, 5) is 5.06. The van der Waals surface area contributed by atoms with E-state index in [1.165, 1.54) is 58.3 Å². The summed E-state index contributed by atoms with van der Waals surface area (Å²) in [5.74, 6) is 0.939. The van der Waals surface area contributed by atoms with Crippen LogP contribution in [0.15, 0.2) is 0 Å². The van der Waals surface area contributed by atoms with Crippen LogP contribution in [0.1, 0.15) is 46.0 Å². The van der Waals surface area contributed by atoms with Gasteiger partial charge in [-0.1, -0.05) is 6.92 Å². The average Bonchev–Trinajstić information content (AvgIpc) is 3.19. The van der Waals surface area contributed by atoms with Gasteiger partial charge in [0, 0.05) is 24.7 Å². The Morgan fingerprint density at radius 2 is 2.00 bits per heavy atom. The van der Waals surface area contributed by atoms with E-state index < -0.39 is 0 Å². The van der Waals surface area contributed by atoms with Crippen molar-refractivity contribution in [2.24, 2.45) is 5.92 Å². The monoisotopic (exact) mass is 267 g/mol. The molecule has 0 aromatic rings. The van der Waals surface area contributed by atoms with Crippen molar-refractivity contribution in [3.8, 4) is 0 Å². The van der Waals surface area contributed by atoms with Crippen molar-refractivity contribution in [2.75, 3.05) is 40.3 Å². The molecule has 0 aromatic carbocycles. The Labute approximate surface area is 119 Å². The molecule has 0 bridgehead atoms. The van der Waals surface area contributed by atoms with Crippen molar-refractivity contribution in [2.45, 2.75) is 57.5 Å². The number of hydrogen-bond acceptors (Lipinski definition) is 3. The predicted octanol–water partition coefficient (Wildman–Crippen LogP) is 2.18. The summed E-state index contributed by atoms with van der Waals surface area (Å²) in [5.41, 5.74) is 0.396. The Kier molecular flexibility index (Phi) is 5.27. The van der Waals surface area contributed by atoms with Crippen LogP contribution in [0.3, 0.4) is 0 Å². The lowest BCUT2D eigenvalue weighted by atomic mass is 9.90. The Hall–Kier alpha value is -0.120. The minimum atomic E-state index is 0.396. The maximum atomic E-state index is 3.85. The first-order chi connectivity index (χ1) is 9.05. The first kappa shape index (κ1) is 15.3. The van der Waals surface area contributed by atoms with Gasteiger partial charge in [-0.2, -0.15) is 0 Å². The number of rotatable bonds is 7. The van der Waals surface area contributed by atoms with Crippen LogP contribution in [0.4, 0.5) is 0 Å². The minimum absolute atomic E-state index is 0.396. The van der Waals surface area contributed by atoms with Gasteiger partial charge < -0.3 is 10.2 Å². The highest BCUT2D eigenvalue weighted by molar-refractivity contribution is 5.03. The molecule has 3 nitrogen and oxygen atoms in total. The number of hydrogen-bond donors (Lipinski definition) is 1. The lowest BCUT2D eigenvalue weighted by molar-refractivity contribution is 0.0710. The van der Waals surface area contributed by atoms with Crippen LogP contribution in [0.25, 0.3) is 0 Å². The van der Waals surface area contributed by atoms with E-state index >= 15 is 0 Å². The SMILES string of the molecule is CCC1CNC(C)(C2CC2)CN1CCCCN(C)C. The van der Waals surface area contributed by atoms with Gasteiger partial charge in [-0.3, -0.25) is 4.90 Å². The van der Waals surface area contributed by atoms with Crippen molar-refractivity contribution in [3.63, 3.8) is 0 Å². The Bertz CT molecular complexity index is 275. The summed E-state index contributed by atoms with van der Waals surface area (Å²) in [6.07, 6.45) is 6.83. The van der Waals surface area contributed by atoms with Gasteiger partial charge in [0.05, 0.1) is 0 Å². The molecule has 1 saturated carbocycles. The van der Waals surface area contributed by atoms with Gasteiger partial charge in [0.15, 0.2) is 0 Å². The van der Waals surface area contributed by atoms with E-state index in [0.717, 1.165) is 12.0 Å². The molecule has 2 unspecified atom stereocenters. The molecule has 2 fully saturated rings. The molecule has 1 aliphatic carbocycles. The molecule has 3 heteroatoms. The van der Waals surface area contributed by atoms with Crippen LogP contribution in [0.5, 0.6) is 0 Å². The molecule has 2 aliphatic rings. The van der Waals surface area contributed by atoms with Gasteiger partial charge in [0.2, 0.25) is 0 Å². The Morgan fingerprint density at radius 1 is 1.26 bits per heavy atom. The van der Waals surface area contributed by atoms with E-state index in [-0.39, 0.29) is 0 Å². The standard InChI is InChI=1S/C16H33N3/c1-5-15-12-17-16(2,14-8-9-14)13-19(15)11-7-6-10-18(3)4/h14-15,17H,5-13H2,1-4H3. The normalized spacial score (nSPS) is 33.0. The summed E-state index contributed by atoms with van der Waals surface area (Å²) in [6.45, 7) is 9.75. The molecule has 0 radical (unpaired) electrons. The fraction of sp³-hybridized carbons (Fsp3) is 1.00. The molecule has 19 heavy (non-hydrogen) atoms. The fourth-order valence-corrected chi connectivity index (χ4v) is 3.49. The molecule has 0 amide bonds. The summed E-state index contributed by atoms with van der Waals surface area (Å²) >= 11 is 0. The van der Waals surface area contributed by atoms with E-state index in [1.807, 2.05) is 0 Å². The van der Waals surface area contributed by atoms with Gasteiger partial charge in [-0.25, -0.2) is 0 Å². The quantitative estimate of drug-likeness (QED) is 0.713. The van der Waals surface area contributed by atoms with Crippen LogP contribution < -0.4 is 5.32 Å². The highest BCUT2D eigenvalue weighted by Gasteiger charge is 2.45. The number of unbranched alkanes of at least 4 members (excludes halogenated alkanes) is 1. The third-order valence-electron chi connectivity index (χ3n) is 5.04. The highest BCUT2D eigenvalue weighted by Crippen LogP contribution is 2.41. The van der Waals surface area contributed by atoms with Gasteiger partial charge in [0.1, 0.15) is 0 Å². The average molecular weight is 267 g/mol. The summed E-state index contributed by atoms with van der Waals surface area (Å²) in [7, 11) is 4.34. The van der Waals surface area contributed by atoms with Crippen LogP contribution in [0, 0.1) is 5.92 Å². The van der Waals surface area contributed by atoms with Crippen LogP contribution >= 0.6 is 0 Å². The largest absolute Gasteiger partial charge is 0.309 e. The zero-order valence-electron chi connectivity index (χ0n) is 13.4. The Balaban J connectivity index is 1.80. The number of nitrogens with one attached hydrogen (secondary N) is 1. The number of nitrogens with zero attached hydrogens (tertiary/aromatic N) is 2. The third kappa shape index (κ3) is 4.17. The van der Waals surface area contributed by atoms with Gasteiger partial charge in [-0.15, -0.1) is 0 Å². The van der Waals surface area contributed by atoms with Gasteiger partial charge in [-0.05, 0) is 72.1 Å². The molecular weight excluding hydrogens is 234 g/mol. The summed E-state index contributed by atoms with van der Waals surface area (Å²) < 4.78 is 0. The van der Waals surface area contributed by atoms with Crippen molar-refractivity contribution in [3.05, 3.63) is 0 Å². The minimum Gasteiger partial charge on any atom is -0.309 e. The van der Waals surface area contributed by atoms with E-state index in [9.17, 15) is 0 Å². The van der Waals surface area contributed by atoms with Crippen molar-refractivity contribution in [1.29, 1.82) is 0 Å². The van der Waals surface area contributed by atoms with Crippen LogP contribution in [0.2, 0.25) is 0 Å². The second-order valence-corrected chi connectivity index (χ2v) is 7.12. The molecule has 2 rings (SSSR count). The highest BCUT2D eigenvalue weighted by atomic mass is 15.3. The molecule has 0 aromatic heterocycles. The molecule has 1 saturated heterocycles. The number of piperazine rings is 1. The van der Waals surface area contributed by atoms with Gasteiger partial charge >= 0.3 is 0 Å². The van der Waals surface area contributed by atoms with Crippen LogP contribution in [-0.4, -0.2) is 61.7 Å². The smallest absolute Gasteiger partial charge is 0.0309 e. The molecule has 1 N–H and O–H groups in total. The Morgan fingerprint density at radius 3 is 2.58 bits per heavy atom.